The van der Waals surface area contributed by atoms with Gasteiger partial charge < -0.3 is 5.32 Å². The molecular weight excluding hydrogens is 162 g/mol. The number of aromatic nitrogens is 2. The molecule has 0 aliphatic heterocycles. The molecule has 72 valence electrons. The largest absolute Gasteiger partial charge is 0.313 e. The minimum atomic E-state index is 0.950. The van der Waals surface area contributed by atoms with Crippen LogP contribution in [-0.2, 0) is 7.05 Å². The van der Waals surface area contributed by atoms with Gasteiger partial charge in [-0.2, -0.15) is 5.10 Å². The maximum Gasteiger partial charge on any atom is 0.0562 e. The van der Waals surface area contributed by atoms with Gasteiger partial charge in [0.25, 0.3) is 0 Å². The normalized spacial score (nSPS) is 12.1. The van der Waals surface area contributed by atoms with Crippen molar-refractivity contribution < 1.29 is 0 Å². The minimum absolute atomic E-state index is 0.950. The zero-order valence-corrected chi connectivity index (χ0v) is 8.54. The molecule has 13 heavy (non-hydrogen) atoms. The quantitative estimate of drug-likeness (QED) is 0.757. The first kappa shape index (κ1) is 9.99. The maximum atomic E-state index is 4.10. The summed E-state index contributed by atoms with van der Waals surface area (Å²) in [5.74, 6) is 0. The fourth-order valence-electron chi connectivity index (χ4n) is 1.17. The standard InChI is InChI=1S/C10H17N3/c1-4-11-6-9(2)5-10-7-12-13(3)8-10/h5,7-8,11H,4,6H2,1-3H3. The van der Waals surface area contributed by atoms with E-state index in [-0.39, 0.29) is 0 Å². The third kappa shape index (κ3) is 3.42. The molecular formula is C10H17N3. The van der Waals surface area contributed by atoms with Crippen LogP contribution in [0.15, 0.2) is 18.0 Å². The first-order valence-electron chi connectivity index (χ1n) is 4.59. The Bertz CT molecular complexity index is 286. The minimum Gasteiger partial charge on any atom is -0.313 e. The van der Waals surface area contributed by atoms with Crippen LogP contribution in [0.1, 0.15) is 19.4 Å². The van der Waals surface area contributed by atoms with Gasteiger partial charge in [-0.25, -0.2) is 0 Å². The van der Waals surface area contributed by atoms with Crippen molar-refractivity contribution in [2.45, 2.75) is 13.8 Å². The number of nitrogens with zero attached hydrogens (tertiary/aromatic N) is 2. The Morgan fingerprint density at radius 1 is 1.69 bits per heavy atom. The lowest BCUT2D eigenvalue weighted by Gasteiger charge is -1.99. The number of hydrogen-bond donors (Lipinski definition) is 1. The van der Waals surface area contributed by atoms with Gasteiger partial charge >= 0.3 is 0 Å². The van der Waals surface area contributed by atoms with E-state index in [4.69, 9.17) is 0 Å². The van der Waals surface area contributed by atoms with Crippen molar-refractivity contribution in [3.05, 3.63) is 23.5 Å². The van der Waals surface area contributed by atoms with Crippen LogP contribution in [0.25, 0.3) is 6.08 Å². The molecule has 0 saturated carbocycles. The highest BCUT2D eigenvalue weighted by Gasteiger charge is 1.92. The highest BCUT2D eigenvalue weighted by Crippen LogP contribution is 2.03. The van der Waals surface area contributed by atoms with Gasteiger partial charge in [0.15, 0.2) is 0 Å². The first-order valence-corrected chi connectivity index (χ1v) is 4.59. The van der Waals surface area contributed by atoms with Crippen LogP contribution in [0.2, 0.25) is 0 Å². The van der Waals surface area contributed by atoms with Crippen LogP contribution in [0.3, 0.4) is 0 Å². The van der Waals surface area contributed by atoms with Crippen LogP contribution in [-0.4, -0.2) is 22.9 Å². The highest BCUT2D eigenvalue weighted by molar-refractivity contribution is 5.50. The van der Waals surface area contributed by atoms with Gasteiger partial charge in [0.1, 0.15) is 0 Å². The average molecular weight is 179 g/mol. The molecule has 1 aromatic rings. The second-order valence-corrected chi connectivity index (χ2v) is 3.22. The molecule has 0 aromatic carbocycles. The second kappa shape index (κ2) is 4.82. The molecule has 0 unspecified atom stereocenters. The molecule has 1 rings (SSSR count). The van der Waals surface area contributed by atoms with Crippen molar-refractivity contribution in [1.82, 2.24) is 15.1 Å². The fraction of sp³-hybridized carbons (Fsp3) is 0.500. The van der Waals surface area contributed by atoms with Gasteiger partial charge in [-0.3, -0.25) is 4.68 Å². The Labute approximate surface area is 79.5 Å². The Morgan fingerprint density at radius 3 is 3.00 bits per heavy atom. The number of likely N-dealkylation sites (N-methyl/N-ethyl adjacent to an activating group) is 1. The van der Waals surface area contributed by atoms with E-state index >= 15 is 0 Å². The molecule has 0 bridgehead atoms. The van der Waals surface area contributed by atoms with Crippen LogP contribution in [0, 0.1) is 0 Å². The summed E-state index contributed by atoms with van der Waals surface area (Å²) in [6, 6.07) is 0. The van der Waals surface area contributed by atoms with Crippen LogP contribution >= 0.6 is 0 Å². The predicted molar refractivity (Wildman–Crippen MR) is 55.4 cm³/mol. The molecule has 1 N–H and O–H groups in total. The average Bonchev–Trinajstić information content (AvgIpc) is 2.48. The van der Waals surface area contributed by atoms with E-state index in [1.165, 1.54) is 5.57 Å². The summed E-state index contributed by atoms with van der Waals surface area (Å²) < 4.78 is 1.81. The molecule has 0 fully saturated rings. The fourth-order valence-corrected chi connectivity index (χ4v) is 1.17. The molecule has 0 aliphatic carbocycles. The molecule has 1 aromatic heterocycles. The molecule has 0 spiro atoms. The summed E-state index contributed by atoms with van der Waals surface area (Å²) >= 11 is 0. The van der Waals surface area contributed by atoms with Crippen LogP contribution < -0.4 is 5.32 Å². The molecule has 3 nitrogen and oxygen atoms in total. The van der Waals surface area contributed by atoms with Crippen molar-refractivity contribution in [2.75, 3.05) is 13.1 Å². The Kier molecular flexibility index (Phi) is 3.71. The molecule has 0 amide bonds. The zero-order valence-electron chi connectivity index (χ0n) is 8.54. The number of hydrogen-bond acceptors (Lipinski definition) is 2. The Balaban J connectivity index is 2.54. The predicted octanol–water partition coefficient (Wildman–Crippen LogP) is 1.43. The number of aryl methyl sites for hydroxylation is 1. The molecule has 0 radical (unpaired) electrons. The molecule has 3 heteroatoms. The van der Waals surface area contributed by atoms with E-state index < -0.39 is 0 Å². The van der Waals surface area contributed by atoms with Gasteiger partial charge in [0.2, 0.25) is 0 Å². The summed E-state index contributed by atoms with van der Waals surface area (Å²) in [5.41, 5.74) is 2.49. The molecule has 1 heterocycles. The molecule has 0 saturated heterocycles. The zero-order chi connectivity index (χ0) is 9.68. The van der Waals surface area contributed by atoms with Gasteiger partial charge in [-0.15, -0.1) is 0 Å². The van der Waals surface area contributed by atoms with Crippen molar-refractivity contribution >= 4 is 6.08 Å². The van der Waals surface area contributed by atoms with Crippen molar-refractivity contribution in [2.24, 2.45) is 7.05 Å². The summed E-state index contributed by atoms with van der Waals surface area (Å²) in [6.07, 6.45) is 6.03. The smallest absolute Gasteiger partial charge is 0.0562 e. The van der Waals surface area contributed by atoms with Crippen molar-refractivity contribution in [3.63, 3.8) is 0 Å². The van der Waals surface area contributed by atoms with Crippen LogP contribution in [0.4, 0.5) is 0 Å². The highest BCUT2D eigenvalue weighted by atomic mass is 15.2. The van der Waals surface area contributed by atoms with Crippen molar-refractivity contribution in [1.29, 1.82) is 0 Å². The number of rotatable bonds is 4. The van der Waals surface area contributed by atoms with Gasteiger partial charge in [-0.05, 0) is 13.5 Å². The lowest BCUT2D eigenvalue weighted by Crippen LogP contribution is -2.14. The Hall–Kier alpha value is -1.09. The SMILES string of the molecule is CCNCC(C)=Cc1cnn(C)c1. The topological polar surface area (TPSA) is 29.9 Å². The lowest BCUT2D eigenvalue weighted by atomic mass is 10.2. The van der Waals surface area contributed by atoms with Gasteiger partial charge in [0.05, 0.1) is 6.20 Å². The molecule has 0 aliphatic rings. The first-order chi connectivity index (χ1) is 6.22. The van der Waals surface area contributed by atoms with E-state index in [1.807, 2.05) is 24.1 Å². The number of nitrogens with one attached hydrogen (secondary N) is 1. The third-order valence-corrected chi connectivity index (χ3v) is 1.79. The molecule has 0 atom stereocenters. The van der Waals surface area contributed by atoms with Gasteiger partial charge in [0, 0.05) is 25.4 Å². The van der Waals surface area contributed by atoms with Crippen LogP contribution in [0.5, 0.6) is 0 Å². The third-order valence-electron chi connectivity index (χ3n) is 1.79. The maximum absolute atomic E-state index is 4.10. The lowest BCUT2D eigenvalue weighted by molar-refractivity contribution is 0.767. The van der Waals surface area contributed by atoms with E-state index in [0.29, 0.717) is 0 Å². The van der Waals surface area contributed by atoms with E-state index in [1.54, 1.807) is 0 Å². The Morgan fingerprint density at radius 2 is 2.46 bits per heavy atom. The monoisotopic (exact) mass is 179 g/mol. The van der Waals surface area contributed by atoms with Gasteiger partial charge in [-0.1, -0.05) is 18.6 Å². The summed E-state index contributed by atoms with van der Waals surface area (Å²) in [4.78, 5) is 0. The second-order valence-electron chi connectivity index (χ2n) is 3.22. The summed E-state index contributed by atoms with van der Waals surface area (Å²) in [5, 5.41) is 7.38. The van der Waals surface area contributed by atoms with E-state index in [0.717, 1.165) is 18.7 Å². The van der Waals surface area contributed by atoms with E-state index in [2.05, 4.69) is 30.3 Å². The van der Waals surface area contributed by atoms with E-state index in [9.17, 15) is 0 Å². The summed E-state index contributed by atoms with van der Waals surface area (Å²) in [7, 11) is 1.93. The van der Waals surface area contributed by atoms with Crippen molar-refractivity contribution in [3.8, 4) is 0 Å². The summed E-state index contributed by atoms with van der Waals surface area (Å²) in [6.45, 7) is 6.19.